The zero-order valence-electron chi connectivity index (χ0n) is 29.7. The van der Waals surface area contributed by atoms with E-state index in [1.807, 2.05) is 13.8 Å². The van der Waals surface area contributed by atoms with Gasteiger partial charge in [0.25, 0.3) is 0 Å². The lowest BCUT2D eigenvalue weighted by Crippen LogP contribution is -2.36. The van der Waals surface area contributed by atoms with E-state index in [-0.39, 0.29) is 50.3 Å². The number of Topliss-reactive ketones (excluding diaryl/α,β-unsaturated/α-hetero) is 3. The summed E-state index contributed by atoms with van der Waals surface area (Å²) < 4.78 is 113. The molecule has 0 aliphatic carbocycles. The van der Waals surface area contributed by atoms with Crippen molar-refractivity contribution in [2.45, 2.75) is 111 Å². The van der Waals surface area contributed by atoms with Crippen LogP contribution >= 0.6 is 50.7 Å². The Kier molecular flexibility index (Phi) is 17.2. The predicted octanol–water partition coefficient (Wildman–Crippen LogP) is 10.4. The molecule has 0 fully saturated rings. The number of aromatic amines is 1. The van der Waals surface area contributed by atoms with Gasteiger partial charge in [-0.2, -0.15) is 54.8 Å². The van der Waals surface area contributed by atoms with E-state index >= 15 is 0 Å². The van der Waals surface area contributed by atoms with E-state index in [1.165, 1.54) is 48.5 Å². The summed E-state index contributed by atoms with van der Waals surface area (Å²) in [5.41, 5.74) is -3.92. The minimum atomic E-state index is -4.63. The Balaban J connectivity index is 0.000000700. The van der Waals surface area contributed by atoms with Crippen molar-refractivity contribution in [1.82, 2.24) is 29.8 Å². The highest BCUT2D eigenvalue weighted by Crippen LogP contribution is 2.38. The van der Waals surface area contributed by atoms with Crippen LogP contribution in [0.5, 0.6) is 0 Å². The molecule has 3 rings (SSSR count). The molecule has 0 radical (unpaired) electrons. The summed E-state index contributed by atoms with van der Waals surface area (Å²) in [7, 11) is 0. The van der Waals surface area contributed by atoms with Crippen LogP contribution in [0.1, 0.15) is 89.6 Å². The number of ketones is 3. The number of halogens is 13. The van der Waals surface area contributed by atoms with Crippen LogP contribution in [0.3, 0.4) is 0 Å². The standard InChI is InChI=1S/2C10H12ClF3N2O.C5H9BrO.C5H4ClF3N2/c1-5-7(11)8(10(12,13)14)15-16(5)9(3,4)6(2)17;1-5(7(3)17)4-16-6(2)8(11)9(15-16)10(12,13)14;1-4(7)5(2,3)6;1-2-3(6)4(11-10-2)5(7,8)9/h1-4H3;5H,4H2,1-3H3;1-3H3;1H3,(H,10,11). The summed E-state index contributed by atoms with van der Waals surface area (Å²) in [4.78, 5) is 32.9. The van der Waals surface area contributed by atoms with E-state index in [0.29, 0.717) is 0 Å². The first-order valence-electron chi connectivity index (χ1n) is 14.6. The van der Waals surface area contributed by atoms with Gasteiger partial charge in [-0.15, -0.1) is 0 Å². The van der Waals surface area contributed by atoms with E-state index in [2.05, 4.69) is 36.3 Å². The zero-order chi connectivity index (χ0) is 41.7. The van der Waals surface area contributed by atoms with Gasteiger partial charge in [-0.25, -0.2) is 0 Å². The van der Waals surface area contributed by atoms with E-state index in [1.54, 1.807) is 13.8 Å². The molecule has 0 saturated heterocycles. The van der Waals surface area contributed by atoms with Crippen molar-refractivity contribution in [1.29, 1.82) is 0 Å². The van der Waals surface area contributed by atoms with E-state index in [0.717, 1.165) is 9.36 Å². The van der Waals surface area contributed by atoms with E-state index in [4.69, 9.17) is 34.8 Å². The van der Waals surface area contributed by atoms with Gasteiger partial charge in [0.05, 0.1) is 43.0 Å². The average molecular weight is 887 g/mol. The Morgan fingerprint density at radius 3 is 1.35 bits per heavy atom. The molecule has 22 heteroatoms. The van der Waals surface area contributed by atoms with Crippen LogP contribution in [0.15, 0.2) is 0 Å². The van der Waals surface area contributed by atoms with Crippen LogP contribution < -0.4 is 0 Å². The summed E-state index contributed by atoms with van der Waals surface area (Å²) in [6, 6.07) is 0. The molecule has 1 N–H and O–H groups in total. The summed E-state index contributed by atoms with van der Waals surface area (Å²) in [5.74, 6) is -0.642. The maximum Gasteiger partial charge on any atom is 0.436 e. The normalized spacial score (nSPS) is 12.8. The van der Waals surface area contributed by atoms with Gasteiger partial charge < -0.3 is 0 Å². The van der Waals surface area contributed by atoms with Gasteiger partial charge >= 0.3 is 18.5 Å². The number of aryl methyl sites for hydroxylation is 1. The van der Waals surface area contributed by atoms with Crippen LogP contribution in [0.25, 0.3) is 0 Å². The number of carbonyl (C=O) groups is 3. The molecule has 1 atom stereocenters. The molecule has 296 valence electrons. The highest BCUT2D eigenvalue weighted by molar-refractivity contribution is 9.10. The summed E-state index contributed by atoms with van der Waals surface area (Å²) in [6.07, 6.45) is -13.7. The lowest BCUT2D eigenvalue weighted by Gasteiger charge is -2.23. The zero-order valence-corrected chi connectivity index (χ0v) is 33.5. The van der Waals surface area contributed by atoms with Crippen LogP contribution in [0, 0.1) is 26.7 Å². The Hall–Kier alpha value is -2.64. The number of hydrogen-bond donors (Lipinski definition) is 1. The first-order valence-corrected chi connectivity index (χ1v) is 16.6. The van der Waals surface area contributed by atoms with Gasteiger partial charge in [0.1, 0.15) is 17.1 Å². The number of aromatic nitrogens is 6. The number of H-pyrrole nitrogens is 1. The van der Waals surface area contributed by atoms with Crippen molar-refractivity contribution in [2.75, 3.05) is 0 Å². The fourth-order valence-electron chi connectivity index (χ4n) is 3.23. The average Bonchev–Trinajstić information content (AvgIpc) is 3.57. The predicted molar refractivity (Wildman–Crippen MR) is 181 cm³/mol. The molecule has 0 aromatic carbocycles. The number of hydrogen-bond acceptors (Lipinski definition) is 6. The topological polar surface area (TPSA) is 116 Å². The summed E-state index contributed by atoms with van der Waals surface area (Å²) in [5, 5.41) is 10.7. The van der Waals surface area contributed by atoms with Gasteiger partial charge in [0, 0.05) is 5.92 Å². The fraction of sp³-hybridized carbons (Fsp3) is 0.600. The van der Waals surface area contributed by atoms with Crippen LogP contribution in [0.2, 0.25) is 15.1 Å². The lowest BCUT2D eigenvalue weighted by atomic mass is 10.0. The molecule has 0 spiro atoms. The lowest BCUT2D eigenvalue weighted by molar-refractivity contribution is -0.142. The van der Waals surface area contributed by atoms with Crippen molar-refractivity contribution in [3.8, 4) is 0 Å². The van der Waals surface area contributed by atoms with Crippen molar-refractivity contribution >= 4 is 68.1 Å². The molecule has 9 nitrogen and oxygen atoms in total. The monoisotopic (exact) mass is 884 g/mol. The minimum Gasteiger partial charge on any atom is -0.300 e. The molecule has 3 aromatic heterocycles. The second kappa shape index (κ2) is 18.1. The van der Waals surface area contributed by atoms with Crippen molar-refractivity contribution in [3.63, 3.8) is 0 Å². The smallest absolute Gasteiger partial charge is 0.300 e. The highest BCUT2D eigenvalue weighted by atomic mass is 79.9. The van der Waals surface area contributed by atoms with Crippen molar-refractivity contribution < 1.29 is 53.9 Å². The number of rotatable bonds is 6. The number of nitrogens with one attached hydrogen (secondary N) is 1. The SMILES string of the molecule is CC(=O)C(C)(C)Br.CC(=O)C(C)(C)n1nc(C(F)(F)F)c(Cl)c1C.CC(=O)C(C)Cn1nc(C(F)(F)F)c(Cl)c1C.Cc1[nH]nc(C(F)(F)F)c1Cl. The molecule has 0 amide bonds. The maximum absolute atomic E-state index is 12.6. The second-order valence-electron chi connectivity index (χ2n) is 12.2. The molecular formula is C30H37BrCl3F9N6O3. The van der Waals surface area contributed by atoms with Gasteiger partial charge in [-0.05, 0) is 69.2 Å². The summed E-state index contributed by atoms with van der Waals surface area (Å²) in [6.45, 7) is 16.9. The van der Waals surface area contributed by atoms with Gasteiger partial charge in [0.2, 0.25) is 0 Å². The first-order chi connectivity index (χ1) is 23.0. The summed E-state index contributed by atoms with van der Waals surface area (Å²) >= 11 is 19.6. The van der Waals surface area contributed by atoms with Crippen molar-refractivity contribution in [2.24, 2.45) is 5.92 Å². The number of carbonyl (C=O) groups excluding carboxylic acids is 3. The second-order valence-corrected chi connectivity index (χ2v) is 15.4. The van der Waals surface area contributed by atoms with E-state index < -0.39 is 57.1 Å². The highest BCUT2D eigenvalue weighted by Gasteiger charge is 2.41. The van der Waals surface area contributed by atoms with Gasteiger partial charge in [0.15, 0.2) is 22.9 Å². The number of nitrogens with zero attached hydrogens (tertiary/aromatic N) is 5. The molecule has 3 aromatic rings. The third kappa shape index (κ3) is 13.6. The molecule has 0 aliphatic rings. The Morgan fingerprint density at radius 2 is 1.10 bits per heavy atom. The van der Waals surface area contributed by atoms with Crippen LogP contribution in [0.4, 0.5) is 39.5 Å². The molecule has 52 heavy (non-hydrogen) atoms. The molecule has 0 bridgehead atoms. The van der Waals surface area contributed by atoms with Gasteiger partial charge in [-0.1, -0.05) is 57.7 Å². The Labute approximate surface area is 317 Å². The van der Waals surface area contributed by atoms with Crippen molar-refractivity contribution in [3.05, 3.63) is 49.2 Å². The molecule has 1 unspecified atom stereocenters. The quantitative estimate of drug-likeness (QED) is 0.195. The Bertz CT molecular complexity index is 1720. The third-order valence-corrected chi connectivity index (χ3v) is 9.15. The molecule has 0 saturated carbocycles. The Morgan fingerprint density at radius 1 is 0.712 bits per heavy atom. The fourth-order valence-corrected chi connectivity index (χ4v) is 3.89. The number of alkyl halides is 10. The molecule has 0 aliphatic heterocycles. The van der Waals surface area contributed by atoms with Crippen LogP contribution in [-0.2, 0) is 45.0 Å². The first kappa shape index (κ1) is 49.4. The van der Waals surface area contributed by atoms with Gasteiger partial charge in [-0.3, -0.25) is 28.8 Å². The third-order valence-electron chi connectivity index (χ3n) is 7.22. The maximum atomic E-state index is 12.6. The van der Waals surface area contributed by atoms with E-state index in [9.17, 15) is 53.9 Å². The molecular weight excluding hydrogens is 850 g/mol. The van der Waals surface area contributed by atoms with Crippen LogP contribution in [-0.4, -0.2) is 51.4 Å². The minimum absolute atomic E-state index is 0.0942. The molecule has 3 heterocycles. The largest absolute Gasteiger partial charge is 0.436 e.